The minimum atomic E-state index is 0.320. The van der Waals surface area contributed by atoms with Crippen molar-refractivity contribution >= 4 is 39.0 Å². The minimum Gasteiger partial charge on any atom is -0.369 e. The number of anilines is 1. The quantitative estimate of drug-likeness (QED) is 0.655. The molecule has 0 radical (unpaired) electrons. The number of fused-ring (bicyclic) bond motifs is 1. The van der Waals surface area contributed by atoms with Crippen molar-refractivity contribution in [2.75, 3.05) is 11.9 Å². The number of aromatic nitrogens is 2. The van der Waals surface area contributed by atoms with Crippen LogP contribution in [0.1, 0.15) is 31.6 Å². The summed E-state index contributed by atoms with van der Waals surface area (Å²) in [5, 5.41) is 4.75. The molecule has 2 aromatic rings. The van der Waals surface area contributed by atoms with Gasteiger partial charge in [0.2, 0.25) is 5.28 Å². The van der Waals surface area contributed by atoms with Crippen molar-refractivity contribution in [3.05, 3.63) is 16.2 Å². The molecule has 0 atom stereocenters. The van der Waals surface area contributed by atoms with E-state index in [4.69, 9.17) is 11.6 Å². The number of halogens is 1. The molecule has 0 bridgehead atoms. The van der Waals surface area contributed by atoms with E-state index in [9.17, 15) is 0 Å². The molecule has 3 nitrogen and oxygen atoms in total. The van der Waals surface area contributed by atoms with E-state index in [0.29, 0.717) is 5.28 Å². The van der Waals surface area contributed by atoms with Gasteiger partial charge in [-0.25, -0.2) is 9.97 Å². The van der Waals surface area contributed by atoms with Crippen LogP contribution in [0, 0.1) is 0 Å². The first-order chi connectivity index (χ1) is 8.24. The van der Waals surface area contributed by atoms with Gasteiger partial charge in [-0.3, -0.25) is 0 Å². The normalized spacial score (nSPS) is 11.0. The predicted molar refractivity (Wildman–Crippen MR) is 75.2 cm³/mol. The van der Waals surface area contributed by atoms with E-state index in [0.717, 1.165) is 35.4 Å². The van der Waals surface area contributed by atoms with E-state index in [1.54, 1.807) is 11.3 Å². The fourth-order valence-electron chi connectivity index (χ4n) is 1.64. The second-order valence-electron chi connectivity index (χ2n) is 3.91. The van der Waals surface area contributed by atoms with Crippen molar-refractivity contribution in [3.63, 3.8) is 0 Å². The number of hydrogen-bond donors (Lipinski definition) is 1. The highest BCUT2D eigenvalue weighted by molar-refractivity contribution is 7.18. The summed E-state index contributed by atoms with van der Waals surface area (Å²) in [6.07, 6.45) is 3.32. The van der Waals surface area contributed by atoms with Gasteiger partial charge in [-0.1, -0.05) is 20.3 Å². The van der Waals surface area contributed by atoms with Crippen molar-refractivity contribution in [3.8, 4) is 0 Å². The Morgan fingerprint density at radius 2 is 2.18 bits per heavy atom. The molecular formula is C12H16ClN3S. The van der Waals surface area contributed by atoms with Crippen LogP contribution in [0.25, 0.3) is 10.2 Å². The third kappa shape index (κ3) is 2.87. The Balaban J connectivity index is 2.34. The first kappa shape index (κ1) is 12.6. The topological polar surface area (TPSA) is 37.8 Å². The van der Waals surface area contributed by atoms with Crippen molar-refractivity contribution in [2.45, 2.75) is 33.1 Å². The van der Waals surface area contributed by atoms with Crippen molar-refractivity contribution in [1.82, 2.24) is 9.97 Å². The summed E-state index contributed by atoms with van der Waals surface area (Å²) >= 11 is 7.62. The van der Waals surface area contributed by atoms with E-state index >= 15 is 0 Å². The molecule has 92 valence electrons. The lowest BCUT2D eigenvalue weighted by atomic mass is 10.3. The predicted octanol–water partition coefficient (Wildman–Crippen LogP) is 4.12. The average molecular weight is 270 g/mol. The number of nitrogens with zero attached hydrogens (tertiary/aromatic N) is 2. The largest absolute Gasteiger partial charge is 0.369 e. The molecule has 0 saturated heterocycles. The summed E-state index contributed by atoms with van der Waals surface area (Å²) in [6, 6.07) is 2.16. The maximum atomic E-state index is 5.93. The van der Waals surface area contributed by atoms with Gasteiger partial charge >= 0.3 is 0 Å². The number of hydrogen-bond acceptors (Lipinski definition) is 4. The average Bonchev–Trinajstić information content (AvgIpc) is 2.72. The van der Waals surface area contributed by atoms with Crippen LogP contribution in [-0.2, 0) is 6.42 Å². The summed E-state index contributed by atoms with van der Waals surface area (Å²) in [6.45, 7) is 5.24. The summed E-state index contributed by atoms with van der Waals surface area (Å²) < 4.78 is 0. The van der Waals surface area contributed by atoms with Gasteiger partial charge in [-0.05, 0) is 30.5 Å². The lowest BCUT2D eigenvalue weighted by molar-refractivity contribution is 0.831. The van der Waals surface area contributed by atoms with Crippen LogP contribution in [0.3, 0.4) is 0 Å². The van der Waals surface area contributed by atoms with Gasteiger partial charge < -0.3 is 5.32 Å². The molecule has 0 unspecified atom stereocenters. The number of unbranched alkanes of at least 4 members (excludes halogenated alkanes) is 1. The molecule has 0 aliphatic carbocycles. The monoisotopic (exact) mass is 269 g/mol. The Kier molecular flexibility index (Phi) is 4.18. The maximum Gasteiger partial charge on any atom is 0.225 e. The zero-order chi connectivity index (χ0) is 12.3. The van der Waals surface area contributed by atoms with E-state index in [2.05, 4.69) is 35.2 Å². The molecule has 0 spiro atoms. The molecule has 2 rings (SSSR count). The first-order valence-electron chi connectivity index (χ1n) is 5.94. The van der Waals surface area contributed by atoms with Crippen LogP contribution >= 0.6 is 22.9 Å². The van der Waals surface area contributed by atoms with E-state index in [1.165, 1.54) is 11.3 Å². The number of thiophene rings is 1. The molecule has 5 heteroatoms. The van der Waals surface area contributed by atoms with Crippen molar-refractivity contribution in [1.29, 1.82) is 0 Å². The summed E-state index contributed by atoms with van der Waals surface area (Å²) in [4.78, 5) is 10.8. The SMILES string of the molecule is CCCCNc1nc(Cl)nc2sc(CC)cc12. The molecule has 0 saturated carbocycles. The highest BCUT2D eigenvalue weighted by atomic mass is 35.5. The number of rotatable bonds is 5. The van der Waals surface area contributed by atoms with E-state index < -0.39 is 0 Å². The van der Waals surface area contributed by atoms with Gasteiger partial charge in [-0.2, -0.15) is 0 Å². The Hall–Kier alpha value is -0.870. The molecule has 0 amide bonds. The third-order valence-corrected chi connectivity index (χ3v) is 3.93. The standard InChI is InChI=1S/C12H16ClN3S/c1-3-5-6-14-10-9-7-8(4-2)17-11(9)16-12(13)15-10/h7H,3-6H2,1-2H3,(H,14,15,16). The van der Waals surface area contributed by atoms with Gasteiger partial charge in [0.05, 0.1) is 5.39 Å². The molecule has 17 heavy (non-hydrogen) atoms. The van der Waals surface area contributed by atoms with Crippen LogP contribution in [0.5, 0.6) is 0 Å². The fraction of sp³-hybridized carbons (Fsp3) is 0.500. The first-order valence-corrected chi connectivity index (χ1v) is 7.13. The second-order valence-corrected chi connectivity index (χ2v) is 5.36. The Morgan fingerprint density at radius 3 is 2.88 bits per heavy atom. The highest BCUT2D eigenvalue weighted by Crippen LogP contribution is 2.30. The second kappa shape index (κ2) is 5.65. The van der Waals surface area contributed by atoms with E-state index in [-0.39, 0.29) is 0 Å². The van der Waals surface area contributed by atoms with Crippen LogP contribution in [0.4, 0.5) is 5.82 Å². The summed E-state index contributed by atoms with van der Waals surface area (Å²) in [7, 11) is 0. The summed E-state index contributed by atoms with van der Waals surface area (Å²) in [5.41, 5.74) is 0. The molecule has 2 aromatic heterocycles. The maximum absolute atomic E-state index is 5.93. The zero-order valence-corrected chi connectivity index (χ0v) is 11.7. The van der Waals surface area contributed by atoms with E-state index in [1.807, 2.05) is 0 Å². The molecular weight excluding hydrogens is 254 g/mol. The molecule has 1 N–H and O–H groups in total. The molecule has 2 heterocycles. The van der Waals surface area contributed by atoms with Gasteiger partial charge in [-0.15, -0.1) is 11.3 Å². The van der Waals surface area contributed by atoms with Gasteiger partial charge in [0.15, 0.2) is 0 Å². The Morgan fingerprint density at radius 1 is 1.35 bits per heavy atom. The van der Waals surface area contributed by atoms with Gasteiger partial charge in [0.25, 0.3) is 0 Å². The third-order valence-electron chi connectivity index (χ3n) is 2.59. The van der Waals surface area contributed by atoms with Gasteiger partial charge in [0, 0.05) is 11.4 Å². The summed E-state index contributed by atoms with van der Waals surface area (Å²) in [5.74, 6) is 0.865. The number of nitrogens with one attached hydrogen (secondary N) is 1. The number of aryl methyl sites for hydroxylation is 1. The fourth-order valence-corrected chi connectivity index (χ4v) is 2.82. The molecule has 0 aliphatic rings. The van der Waals surface area contributed by atoms with Gasteiger partial charge in [0.1, 0.15) is 10.6 Å². The lowest BCUT2D eigenvalue weighted by Gasteiger charge is -2.05. The zero-order valence-electron chi connectivity index (χ0n) is 10.1. The molecule has 0 aromatic carbocycles. The lowest BCUT2D eigenvalue weighted by Crippen LogP contribution is -2.03. The smallest absolute Gasteiger partial charge is 0.225 e. The highest BCUT2D eigenvalue weighted by Gasteiger charge is 2.09. The molecule has 0 fully saturated rings. The van der Waals surface area contributed by atoms with Crippen LogP contribution in [0.15, 0.2) is 6.07 Å². The van der Waals surface area contributed by atoms with Crippen molar-refractivity contribution in [2.24, 2.45) is 0 Å². The molecule has 0 aliphatic heterocycles. The Bertz CT molecular complexity index is 510. The van der Waals surface area contributed by atoms with Crippen molar-refractivity contribution < 1.29 is 0 Å². The van der Waals surface area contributed by atoms with Crippen LogP contribution < -0.4 is 5.32 Å². The minimum absolute atomic E-state index is 0.320. The van der Waals surface area contributed by atoms with Crippen LogP contribution in [0.2, 0.25) is 5.28 Å². The Labute approximate surface area is 110 Å². The van der Waals surface area contributed by atoms with Crippen LogP contribution in [-0.4, -0.2) is 16.5 Å².